The first-order valence-electron chi connectivity index (χ1n) is 7.79. The van der Waals surface area contributed by atoms with E-state index in [-0.39, 0.29) is 5.91 Å². The van der Waals surface area contributed by atoms with Crippen molar-refractivity contribution in [3.63, 3.8) is 0 Å². The number of carbonyl (C=O) groups excluding carboxylic acids is 1. The SMILES string of the molecule is Cc1noc(C)c1Cn1cc(NC(=O)c2ccc3[nH]cnc3c2)cn1. The van der Waals surface area contributed by atoms with E-state index in [4.69, 9.17) is 4.52 Å². The van der Waals surface area contributed by atoms with Crippen LogP contribution < -0.4 is 5.32 Å². The van der Waals surface area contributed by atoms with Crippen LogP contribution in [0.1, 0.15) is 27.4 Å². The van der Waals surface area contributed by atoms with Gasteiger partial charge in [-0.15, -0.1) is 0 Å². The molecule has 0 aliphatic rings. The first kappa shape index (κ1) is 15.1. The van der Waals surface area contributed by atoms with E-state index in [1.54, 1.807) is 35.5 Å². The van der Waals surface area contributed by atoms with Crippen molar-refractivity contribution in [3.8, 4) is 0 Å². The van der Waals surface area contributed by atoms with Gasteiger partial charge in [0.15, 0.2) is 0 Å². The summed E-state index contributed by atoms with van der Waals surface area (Å²) in [5.41, 5.74) is 4.64. The number of aromatic amines is 1. The first-order chi connectivity index (χ1) is 12.1. The summed E-state index contributed by atoms with van der Waals surface area (Å²) >= 11 is 0. The number of nitrogens with zero attached hydrogens (tertiary/aromatic N) is 4. The van der Waals surface area contributed by atoms with Crippen LogP contribution in [0.5, 0.6) is 0 Å². The smallest absolute Gasteiger partial charge is 0.255 e. The van der Waals surface area contributed by atoms with Crippen LogP contribution in [-0.2, 0) is 6.54 Å². The number of anilines is 1. The average molecular weight is 336 g/mol. The second-order valence-corrected chi connectivity index (χ2v) is 5.82. The van der Waals surface area contributed by atoms with Crippen LogP contribution in [0.25, 0.3) is 11.0 Å². The number of rotatable bonds is 4. The van der Waals surface area contributed by atoms with E-state index >= 15 is 0 Å². The monoisotopic (exact) mass is 336 g/mol. The van der Waals surface area contributed by atoms with Gasteiger partial charge in [-0.1, -0.05) is 5.16 Å². The molecule has 0 atom stereocenters. The lowest BCUT2D eigenvalue weighted by atomic mass is 10.2. The Bertz CT molecular complexity index is 1040. The van der Waals surface area contributed by atoms with Gasteiger partial charge in [-0.25, -0.2) is 4.98 Å². The standard InChI is InChI=1S/C17H16N6O2/c1-10-14(11(2)25-22-10)8-23-7-13(6-20-23)21-17(24)12-3-4-15-16(5-12)19-9-18-15/h3-7,9H,8H2,1-2H3,(H,18,19)(H,21,24). The maximum Gasteiger partial charge on any atom is 0.255 e. The van der Waals surface area contributed by atoms with Gasteiger partial charge in [-0.05, 0) is 32.0 Å². The van der Waals surface area contributed by atoms with Gasteiger partial charge < -0.3 is 14.8 Å². The summed E-state index contributed by atoms with van der Waals surface area (Å²) in [4.78, 5) is 19.6. The molecule has 4 rings (SSSR count). The van der Waals surface area contributed by atoms with E-state index in [2.05, 4.69) is 25.5 Å². The topological polar surface area (TPSA) is 102 Å². The van der Waals surface area contributed by atoms with Crippen molar-refractivity contribution in [1.29, 1.82) is 0 Å². The second kappa shape index (κ2) is 5.90. The zero-order valence-electron chi connectivity index (χ0n) is 13.8. The Hall–Kier alpha value is -3.42. The van der Waals surface area contributed by atoms with Crippen molar-refractivity contribution in [2.24, 2.45) is 0 Å². The highest BCUT2D eigenvalue weighted by Crippen LogP contribution is 2.16. The molecule has 0 aliphatic heterocycles. The highest BCUT2D eigenvalue weighted by molar-refractivity contribution is 6.05. The summed E-state index contributed by atoms with van der Waals surface area (Å²) in [6.07, 6.45) is 4.99. The fourth-order valence-corrected chi connectivity index (χ4v) is 2.68. The highest BCUT2D eigenvalue weighted by Gasteiger charge is 2.12. The van der Waals surface area contributed by atoms with Crippen LogP contribution >= 0.6 is 0 Å². The van der Waals surface area contributed by atoms with Gasteiger partial charge in [-0.2, -0.15) is 5.10 Å². The van der Waals surface area contributed by atoms with Gasteiger partial charge in [0, 0.05) is 17.3 Å². The predicted octanol–water partition coefficient (Wildman–Crippen LogP) is 2.66. The third-order valence-corrected chi connectivity index (χ3v) is 4.08. The molecule has 0 radical (unpaired) electrons. The van der Waals surface area contributed by atoms with Gasteiger partial charge in [0.05, 0.1) is 41.5 Å². The lowest BCUT2D eigenvalue weighted by Crippen LogP contribution is -2.11. The molecule has 0 saturated heterocycles. The molecule has 0 fully saturated rings. The number of hydrogen-bond acceptors (Lipinski definition) is 5. The normalized spacial score (nSPS) is 11.1. The molecule has 3 aromatic heterocycles. The zero-order valence-corrected chi connectivity index (χ0v) is 13.8. The minimum absolute atomic E-state index is 0.207. The Morgan fingerprint density at radius 2 is 2.24 bits per heavy atom. The number of H-pyrrole nitrogens is 1. The molecule has 0 saturated carbocycles. The average Bonchev–Trinajstić information content (AvgIpc) is 3.31. The number of benzene rings is 1. The number of amides is 1. The minimum Gasteiger partial charge on any atom is -0.361 e. The molecule has 1 amide bonds. The lowest BCUT2D eigenvalue weighted by molar-refractivity contribution is 0.102. The molecule has 0 unspecified atom stereocenters. The van der Waals surface area contributed by atoms with Crippen LogP contribution in [0.15, 0.2) is 41.4 Å². The van der Waals surface area contributed by atoms with Crippen molar-refractivity contribution in [3.05, 3.63) is 59.5 Å². The van der Waals surface area contributed by atoms with Crippen LogP contribution in [-0.4, -0.2) is 30.8 Å². The molecular weight excluding hydrogens is 320 g/mol. The number of nitrogens with one attached hydrogen (secondary N) is 2. The van der Waals surface area contributed by atoms with Crippen molar-refractivity contribution >= 4 is 22.6 Å². The molecule has 4 aromatic rings. The van der Waals surface area contributed by atoms with Crippen molar-refractivity contribution in [2.45, 2.75) is 20.4 Å². The Morgan fingerprint density at radius 3 is 3.04 bits per heavy atom. The number of carbonyl (C=O) groups is 1. The molecule has 8 nitrogen and oxygen atoms in total. The fourth-order valence-electron chi connectivity index (χ4n) is 2.68. The number of hydrogen-bond donors (Lipinski definition) is 2. The Balaban J connectivity index is 1.49. The summed E-state index contributed by atoms with van der Waals surface area (Å²) in [5.74, 6) is 0.563. The van der Waals surface area contributed by atoms with E-state index in [1.165, 1.54) is 0 Å². The Kier molecular flexibility index (Phi) is 3.57. The highest BCUT2D eigenvalue weighted by atomic mass is 16.5. The summed E-state index contributed by atoms with van der Waals surface area (Å²) in [5, 5.41) is 11.1. The van der Waals surface area contributed by atoms with Crippen molar-refractivity contribution < 1.29 is 9.32 Å². The summed E-state index contributed by atoms with van der Waals surface area (Å²) in [6, 6.07) is 5.33. The lowest BCUT2D eigenvalue weighted by Gasteiger charge is -2.03. The van der Waals surface area contributed by atoms with Gasteiger partial charge in [0.1, 0.15) is 5.76 Å². The summed E-state index contributed by atoms with van der Waals surface area (Å²) in [6.45, 7) is 4.30. The molecular formula is C17H16N6O2. The number of fused-ring (bicyclic) bond motifs is 1. The summed E-state index contributed by atoms with van der Waals surface area (Å²) in [7, 11) is 0. The van der Waals surface area contributed by atoms with Gasteiger partial charge in [-0.3, -0.25) is 9.48 Å². The minimum atomic E-state index is -0.207. The van der Waals surface area contributed by atoms with Crippen LogP contribution in [0.4, 0.5) is 5.69 Å². The van der Waals surface area contributed by atoms with E-state index in [9.17, 15) is 4.79 Å². The Morgan fingerprint density at radius 1 is 1.36 bits per heavy atom. The molecule has 2 N–H and O–H groups in total. The largest absolute Gasteiger partial charge is 0.361 e. The maximum atomic E-state index is 12.4. The maximum absolute atomic E-state index is 12.4. The third kappa shape index (κ3) is 2.89. The first-order valence-corrected chi connectivity index (χ1v) is 7.79. The van der Waals surface area contributed by atoms with Crippen LogP contribution in [0, 0.1) is 13.8 Å². The van der Waals surface area contributed by atoms with Crippen LogP contribution in [0.2, 0.25) is 0 Å². The molecule has 0 spiro atoms. The van der Waals surface area contributed by atoms with Crippen molar-refractivity contribution in [1.82, 2.24) is 24.9 Å². The van der Waals surface area contributed by atoms with Gasteiger partial charge in [0.25, 0.3) is 5.91 Å². The molecule has 8 heteroatoms. The number of aromatic nitrogens is 5. The van der Waals surface area contributed by atoms with Crippen LogP contribution in [0.3, 0.4) is 0 Å². The van der Waals surface area contributed by atoms with Gasteiger partial charge >= 0.3 is 0 Å². The van der Waals surface area contributed by atoms with Gasteiger partial charge in [0.2, 0.25) is 0 Å². The molecule has 126 valence electrons. The quantitative estimate of drug-likeness (QED) is 0.596. The fraction of sp³-hybridized carbons (Fsp3) is 0.176. The van der Waals surface area contributed by atoms with E-state index in [0.717, 1.165) is 28.1 Å². The molecule has 0 bridgehead atoms. The molecule has 3 heterocycles. The van der Waals surface area contributed by atoms with E-state index in [1.807, 2.05) is 19.9 Å². The Labute approximate surface area is 142 Å². The predicted molar refractivity (Wildman–Crippen MR) is 91.4 cm³/mol. The zero-order chi connectivity index (χ0) is 17.4. The van der Waals surface area contributed by atoms with Crippen molar-refractivity contribution in [2.75, 3.05) is 5.32 Å². The third-order valence-electron chi connectivity index (χ3n) is 4.08. The molecule has 0 aliphatic carbocycles. The summed E-state index contributed by atoms with van der Waals surface area (Å²) < 4.78 is 6.89. The molecule has 1 aromatic carbocycles. The number of aryl methyl sites for hydroxylation is 2. The molecule has 25 heavy (non-hydrogen) atoms. The van der Waals surface area contributed by atoms with E-state index < -0.39 is 0 Å². The van der Waals surface area contributed by atoms with E-state index in [0.29, 0.717) is 17.8 Å². The second-order valence-electron chi connectivity index (χ2n) is 5.82. The number of imidazole rings is 1.